The van der Waals surface area contributed by atoms with Crippen molar-refractivity contribution in [3.63, 3.8) is 0 Å². The second-order valence-corrected chi connectivity index (χ2v) is 4.46. The average Bonchev–Trinajstić information content (AvgIpc) is 2.84. The molecule has 0 amide bonds. The van der Waals surface area contributed by atoms with E-state index in [1.807, 2.05) is 6.92 Å². The predicted octanol–water partition coefficient (Wildman–Crippen LogP) is 0.996. The molecule has 0 radical (unpaired) electrons. The third-order valence-corrected chi connectivity index (χ3v) is 3.23. The van der Waals surface area contributed by atoms with Gasteiger partial charge in [-0.05, 0) is 6.92 Å². The maximum absolute atomic E-state index is 11.4. The summed E-state index contributed by atoms with van der Waals surface area (Å²) in [5.74, 6) is -0.565. The van der Waals surface area contributed by atoms with Gasteiger partial charge < -0.3 is 10.5 Å². The molecule has 19 heavy (non-hydrogen) atoms. The van der Waals surface area contributed by atoms with Crippen molar-refractivity contribution in [2.24, 2.45) is 7.05 Å². The topological polar surface area (TPSA) is 88.0 Å². The molecule has 0 atom stereocenters. The Bertz CT molecular complexity index is 631. The van der Waals surface area contributed by atoms with Crippen molar-refractivity contribution in [3.05, 3.63) is 28.3 Å². The molecule has 0 saturated carbocycles. The number of aryl methyl sites for hydroxylation is 2. The van der Waals surface area contributed by atoms with Crippen molar-refractivity contribution in [2.75, 3.05) is 12.8 Å². The van der Waals surface area contributed by atoms with Crippen molar-refractivity contribution >= 4 is 23.3 Å². The molecule has 0 aromatic carbocycles. The van der Waals surface area contributed by atoms with Gasteiger partial charge in [0.15, 0.2) is 5.69 Å². The van der Waals surface area contributed by atoms with E-state index in [9.17, 15) is 4.79 Å². The second-order valence-electron chi connectivity index (χ2n) is 4.10. The normalized spacial score (nSPS) is 10.7. The Kier molecular flexibility index (Phi) is 3.48. The van der Waals surface area contributed by atoms with Crippen molar-refractivity contribution < 1.29 is 9.53 Å². The van der Waals surface area contributed by atoms with E-state index in [0.29, 0.717) is 11.7 Å². The molecule has 0 bridgehead atoms. The summed E-state index contributed by atoms with van der Waals surface area (Å²) in [5.41, 5.74) is 7.72. The summed E-state index contributed by atoms with van der Waals surface area (Å²) in [7, 11) is 3.04. The van der Waals surface area contributed by atoms with Gasteiger partial charge in [-0.1, -0.05) is 11.6 Å². The standard InChI is InChI=1S/C11H14ClN5O2/c1-6-7(10(12)16(2)14-6)4-17-5-8(13)9(15-17)11(18)19-3/h5H,4,13H2,1-3H3. The molecule has 2 N–H and O–H groups in total. The minimum atomic E-state index is -0.565. The van der Waals surface area contributed by atoms with Gasteiger partial charge in [0.25, 0.3) is 0 Å². The summed E-state index contributed by atoms with van der Waals surface area (Å²) < 4.78 is 7.72. The van der Waals surface area contributed by atoms with Crippen molar-refractivity contribution in [3.8, 4) is 0 Å². The Balaban J connectivity index is 2.32. The van der Waals surface area contributed by atoms with Crippen LogP contribution in [0.5, 0.6) is 0 Å². The third-order valence-electron chi connectivity index (χ3n) is 2.76. The highest BCUT2D eigenvalue weighted by molar-refractivity contribution is 6.30. The summed E-state index contributed by atoms with van der Waals surface area (Å²) in [6.07, 6.45) is 1.56. The van der Waals surface area contributed by atoms with Gasteiger partial charge in [-0.25, -0.2) is 4.79 Å². The molecule has 0 saturated heterocycles. The van der Waals surface area contributed by atoms with Gasteiger partial charge in [-0.2, -0.15) is 10.2 Å². The Morgan fingerprint density at radius 1 is 1.53 bits per heavy atom. The zero-order valence-electron chi connectivity index (χ0n) is 10.8. The van der Waals surface area contributed by atoms with Crippen LogP contribution >= 0.6 is 11.6 Å². The van der Waals surface area contributed by atoms with Crippen LogP contribution in [0.15, 0.2) is 6.20 Å². The Morgan fingerprint density at radius 3 is 2.74 bits per heavy atom. The number of esters is 1. The number of methoxy groups -OCH3 is 1. The molecule has 0 fully saturated rings. The number of halogens is 1. The number of nitrogens with zero attached hydrogens (tertiary/aromatic N) is 4. The first-order valence-corrected chi connectivity index (χ1v) is 5.91. The number of hydrogen-bond donors (Lipinski definition) is 1. The molecule has 0 aliphatic rings. The number of carbonyl (C=O) groups is 1. The van der Waals surface area contributed by atoms with E-state index >= 15 is 0 Å². The molecule has 7 nitrogen and oxygen atoms in total. The van der Waals surface area contributed by atoms with Gasteiger partial charge in [-0.15, -0.1) is 0 Å². The average molecular weight is 284 g/mol. The van der Waals surface area contributed by atoms with Crippen LogP contribution in [-0.2, 0) is 18.3 Å². The molecule has 0 aliphatic heterocycles. The van der Waals surface area contributed by atoms with Crippen LogP contribution in [-0.4, -0.2) is 32.6 Å². The van der Waals surface area contributed by atoms with Crippen LogP contribution in [0.3, 0.4) is 0 Å². The van der Waals surface area contributed by atoms with Crippen LogP contribution < -0.4 is 5.73 Å². The molecule has 102 valence electrons. The van der Waals surface area contributed by atoms with E-state index in [2.05, 4.69) is 14.9 Å². The highest BCUT2D eigenvalue weighted by Crippen LogP contribution is 2.20. The molecule has 2 heterocycles. The summed E-state index contributed by atoms with van der Waals surface area (Å²) in [5, 5.41) is 8.83. The number of carbonyl (C=O) groups excluding carboxylic acids is 1. The lowest BCUT2D eigenvalue weighted by Gasteiger charge is -2.01. The monoisotopic (exact) mass is 283 g/mol. The number of aromatic nitrogens is 4. The van der Waals surface area contributed by atoms with E-state index in [1.54, 1.807) is 17.9 Å². The number of nitrogens with two attached hydrogens (primary N) is 1. The van der Waals surface area contributed by atoms with Crippen LogP contribution in [0.25, 0.3) is 0 Å². The number of hydrogen-bond acceptors (Lipinski definition) is 5. The van der Waals surface area contributed by atoms with E-state index in [-0.39, 0.29) is 11.4 Å². The van der Waals surface area contributed by atoms with E-state index in [1.165, 1.54) is 11.8 Å². The van der Waals surface area contributed by atoms with Gasteiger partial charge in [0, 0.05) is 18.8 Å². The second kappa shape index (κ2) is 4.93. The molecule has 2 aromatic heterocycles. The molecular formula is C11H14ClN5O2. The van der Waals surface area contributed by atoms with Crippen LogP contribution in [0.4, 0.5) is 5.69 Å². The summed E-state index contributed by atoms with van der Waals surface area (Å²) in [6, 6.07) is 0. The molecule has 8 heteroatoms. The lowest BCUT2D eigenvalue weighted by Crippen LogP contribution is -2.07. The van der Waals surface area contributed by atoms with Gasteiger partial charge in [0.1, 0.15) is 5.15 Å². The minimum absolute atomic E-state index is 0.0974. The highest BCUT2D eigenvalue weighted by atomic mass is 35.5. The Hall–Kier alpha value is -2.02. The zero-order valence-corrected chi connectivity index (χ0v) is 11.6. The summed E-state index contributed by atoms with van der Waals surface area (Å²) in [4.78, 5) is 11.4. The highest BCUT2D eigenvalue weighted by Gasteiger charge is 2.17. The zero-order chi connectivity index (χ0) is 14.2. The smallest absolute Gasteiger partial charge is 0.360 e. The molecule has 2 rings (SSSR count). The van der Waals surface area contributed by atoms with Crippen LogP contribution in [0.2, 0.25) is 5.15 Å². The van der Waals surface area contributed by atoms with Crippen molar-refractivity contribution in [1.82, 2.24) is 19.6 Å². The van der Waals surface area contributed by atoms with E-state index in [4.69, 9.17) is 17.3 Å². The van der Waals surface area contributed by atoms with Crippen molar-refractivity contribution in [1.29, 1.82) is 0 Å². The maximum Gasteiger partial charge on any atom is 0.360 e. The summed E-state index contributed by atoms with van der Waals surface area (Å²) >= 11 is 6.14. The lowest BCUT2D eigenvalue weighted by atomic mass is 10.2. The molecule has 0 aliphatic carbocycles. The number of anilines is 1. The van der Waals surface area contributed by atoms with Crippen molar-refractivity contribution in [2.45, 2.75) is 13.5 Å². The van der Waals surface area contributed by atoms with Crippen LogP contribution in [0, 0.1) is 6.92 Å². The van der Waals surface area contributed by atoms with Crippen LogP contribution in [0.1, 0.15) is 21.7 Å². The fraction of sp³-hybridized carbons (Fsp3) is 0.364. The maximum atomic E-state index is 11.4. The predicted molar refractivity (Wildman–Crippen MR) is 70.0 cm³/mol. The Morgan fingerprint density at radius 2 is 2.21 bits per heavy atom. The largest absolute Gasteiger partial charge is 0.464 e. The first-order chi connectivity index (χ1) is 8.93. The first kappa shape index (κ1) is 13.4. The minimum Gasteiger partial charge on any atom is -0.464 e. The molecule has 0 unspecified atom stereocenters. The fourth-order valence-electron chi connectivity index (χ4n) is 1.79. The number of rotatable bonds is 3. The SMILES string of the molecule is COC(=O)c1nn(Cc2c(C)nn(C)c2Cl)cc1N. The third kappa shape index (κ3) is 2.41. The van der Waals surface area contributed by atoms with Gasteiger partial charge in [0.05, 0.1) is 25.0 Å². The molecule has 0 spiro atoms. The quantitative estimate of drug-likeness (QED) is 0.849. The Labute approximate surface area is 114 Å². The lowest BCUT2D eigenvalue weighted by molar-refractivity contribution is 0.0594. The number of nitrogen functional groups attached to an aromatic ring is 1. The van der Waals surface area contributed by atoms with Gasteiger partial charge in [-0.3, -0.25) is 9.36 Å². The van der Waals surface area contributed by atoms with Gasteiger partial charge in [0.2, 0.25) is 0 Å². The van der Waals surface area contributed by atoms with E-state index < -0.39 is 5.97 Å². The number of ether oxygens (including phenoxy) is 1. The molecule has 2 aromatic rings. The first-order valence-electron chi connectivity index (χ1n) is 5.53. The summed E-state index contributed by atoms with van der Waals surface area (Å²) in [6.45, 7) is 2.25. The molecular weight excluding hydrogens is 270 g/mol. The van der Waals surface area contributed by atoms with Gasteiger partial charge >= 0.3 is 5.97 Å². The fourth-order valence-corrected chi connectivity index (χ4v) is 2.02. The van der Waals surface area contributed by atoms with E-state index in [0.717, 1.165) is 11.3 Å².